The molecule has 1 aromatic rings. The Bertz CT molecular complexity index is 368. The fraction of sp³-hybridized carbons (Fsp3) is 0.364. The van der Waals surface area contributed by atoms with E-state index in [0.717, 1.165) is 12.8 Å². The van der Waals surface area contributed by atoms with Crippen LogP contribution in [0.5, 0.6) is 5.75 Å². The number of rotatable bonds is 4. The largest absolute Gasteiger partial charge is 1.00 e. The molecule has 0 aliphatic carbocycles. The topological polar surface area (TPSA) is 86.4 Å². The van der Waals surface area contributed by atoms with Crippen molar-refractivity contribution < 1.29 is 44.6 Å². The van der Waals surface area contributed by atoms with Gasteiger partial charge in [0.05, 0.1) is 5.97 Å². The summed E-state index contributed by atoms with van der Waals surface area (Å²) in [6.45, 7) is 2.00. The van der Waals surface area contributed by atoms with Gasteiger partial charge in [0.1, 0.15) is 5.75 Å². The van der Waals surface area contributed by atoms with Crippen LogP contribution in [0.2, 0.25) is 0 Å². The van der Waals surface area contributed by atoms with E-state index in [2.05, 4.69) is 0 Å². The van der Waals surface area contributed by atoms with Crippen LogP contribution in [0.15, 0.2) is 18.2 Å². The zero-order chi connectivity index (χ0) is 11.4. The van der Waals surface area contributed by atoms with Gasteiger partial charge in [-0.2, -0.15) is 0 Å². The van der Waals surface area contributed by atoms with Gasteiger partial charge >= 0.3 is 29.6 Å². The number of carbonyl (C=O) groups excluding carboxylic acids is 1. The Morgan fingerprint density at radius 2 is 2.19 bits per heavy atom. The molecule has 5 heteroatoms. The second-order valence-electron chi connectivity index (χ2n) is 3.46. The van der Waals surface area contributed by atoms with Gasteiger partial charge in [0.2, 0.25) is 0 Å². The Hall–Kier alpha value is -0.550. The maximum Gasteiger partial charge on any atom is 1.00 e. The van der Waals surface area contributed by atoms with Gasteiger partial charge in [0.25, 0.3) is 0 Å². The molecule has 0 saturated heterocycles. The molecular weight excluding hydrogens is 217 g/mol. The third kappa shape index (κ3) is 3.79. The second-order valence-corrected chi connectivity index (χ2v) is 3.46. The summed E-state index contributed by atoms with van der Waals surface area (Å²) in [5, 5.41) is 19.9. The predicted octanol–water partition coefficient (Wildman–Crippen LogP) is -2.44. The minimum atomic E-state index is -1.39. The summed E-state index contributed by atoms with van der Waals surface area (Å²) in [6, 6.07) is 4.12. The van der Waals surface area contributed by atoms with Crippen molar-refractivity contribution in [3.63, 3.8) is 0 Å². The molecule has 1 aromatic carbocycles. The van der Waals surface area contributed by atoms with Gasteiger partial charge in [0.15, 0.2) is 0 Å². The summed E-state index contributed by atoms with van der Waals surface area (Å²) < 4.78 is 0. The number of hydrogen-bond donors (Lipinski definition) is 2. The number of benzene rings is 1. The fourth-order valence-electron chi connectivity index (χ4n) is 1.43. The Morgan fingerprint density at radius 1 is 1.56 bits per heavy atom. The second kappa shape index (κ2) is 6.91. The van der Waals surface area contributed by atoms with Crippen LogP contribution in [-0.2, 0) is 0 Å². The van der Waals surface area contributed by atoms with E-state index < -0.39 is 5.97 Å². The summed E-state index contributed by atoms with van der Waals surface area (Å²) in [5.74, 6) is -1.68. The van der Waals surface area contributed by atoms with Gasteiger partial charge in [-0.15, -0.1) is 0 Å². The summed E-state index contributed by atoms with van der Waals surface area (Å²) in [6.07, 6.45) is 1.69. The monoisotopic (exact) mass is 231 g/mol. The van der Waals surface area contributed by atoms with Gasteiger partial charge in [-0.3, -0.25) is 0 Å². The summed E-state index contributed by atoms with van der Waals surface area (Å²) in [7, 11) is 0. The zero-order valence-corrected chi connectivity index (χ0v) is 11.6. The molecule has 0 spiro atoms. The van der Waals surface area contributed by atoms with Crippen molar-refractivity contribution in [2.24, 2.45) is 5.73 Å². The van der Waals surface area contributed by atoms with E-state index in [1.165, 1.54) is 12.1 Å². The first kappa shape index (κ1) is 15.4. The van der Waals surface area contributed by atoms with E-state index in [4.69, 9.17) is 5.73 Å². The van der Waals surface area contributed by atoms with Crippen molar-refractivity contribution in [1.29, 1.82) is 0 Å². The minimum absolute atomic E-state index is 0. The molecule has 0 saturated carbocycles. The molecule has 1 rings (SSSR count). The van der Waals surface area contributed by atoms with E-state index in [-0.39, 0.29) is 46.9 Å². The van der Waals surface area contributed by atoms with Crippen LogP contribution in [0, 0.1) is 0 Å². The molecule has 1 atom stereocenters. The van der Waals surface area contributed by atoms with Crippen LogP contribution in [0.3, 0.4) is 0 Å². The maximum atomic E-state index is 10.6. The quantitative estimate of drug-likeness (QED) is 0.564. The van der Waals surface area contributed by atoms with E-state index in [0.29, 0.717) is 5.56 Å². The van der Waals surface area contributed by atoms with E-state index in [1.54, 1.807) is 6.07 Å². The van der Waals surface area contributed by atoms with Crippen LogP contribution in [-0.4, -0.2) is 11.1 Å². The average molecular weight is 231 g/mol. The summed E-state index contributed by atoms with van der Waals surface area (Å²) in [4.78, 5) is 10.6. The normalized spacial score (nSPS) is 11.6. The molecule has 1 unspecified atom stereocenters. The van der Waals surface area contributed by atoms with E-state index in [1.807, 2.05) is 6.92 Å². The van der Waals surface area contributed by atoms with Crippen molar-refractivity contribution in [2.45, 2.75) is 25.8 Å². The van der Waals surface area contributed by atoms with Crippen molar-refractivity contribution >= 4 is 5.97 Å². The van der Waals surface area contributed by atoms with Crippen molar-refractivity contribution in [3.8, 4) is 5.75 Å². The molecule has 0 radical (unpaired) electrons. The molecule has 0 amide bonds. The Labute approximate surface area is 117 Å². The van der Waals surface area contributed by atoms with E-state index in [9.17, 15) is 15.0 Å². The molecule has 16 heavy (non-hydrogen) atoms. The molecule has 82 valence electrons. The van der Waals surface area contributed by atoms with Gasteiger partial charge in [-0.1, -0.05) is 19.4 Å². The first-order chi connectivity index (χ1) is 7.06. The average Bonchev–Trinajstić information content (AvgIpc) is 2.18. The maximum absolute atomic E-state index is 10.6. The van der Waals surface area contributed by atoms with Crippen LogP contribution < -0.4 is 40.4 Å². The number of carbonyl (C=O) groups is 1. The van der Waals surface area contributed by atoms with Crippen LogP contribution in [0.25, 0.3) is 0 Å². The van der Waals surface area contributed by atoms with Crippen LogP contribution in [0.4, 0.5) is 0 Å². The van der Waals surface area contributed by atoms with Gasteiger partial charge in [0, 0.05) is 11.6 Å². The van der Waals surface area contributed by atoms with Gasteiger partial charge < -0.3 is 20.7 Å². The molecule has 0 aromatic heterocycles. The van der Waals surface area contributed by atoms with Crippen LogP contribution >= 0.6 is 0 Å². The molecule has 4 nitrogen and oxygen atoms in total. The van der Waals surface area contributed by atoms with Gasteiger partial charge in [-0.05, 0) is 24.1 Å². The summed E-state index contributed by atoms with van der Waals surface area (Å²) >= 11 is 0. The molecule has 3 N–H and O–H groups in total. The first-order valence-electron chi connectivity index (χ1n) is 4.86. The predicted molar refractivity (Wildman–Crippen MR) is 54.3 cm³/mol. The van der Waals surface area contributed by atoms with Crippen molar-refractivity contribution in [3.05, 3.63) is 29.3 Å². The van der Waals surface area contributed by atoms with Crippen molar-refractivity contribution in [1.82, 2.24) is 0 Å². The standard InChI is InChI=1S/C11H15NO3.Na/c1-2-3-9(12)7-4-5-10(13)8(6-7)11(14)15;/h4-6,9,13H,2-3,12H2,1H3,(H,14,15);/q;+1/p-1. The molecular formula is C11H14NNaO3. The third-order valence-electron chi connectivity index (χ3n) is 2.27. The first-order valence-corrected chi connectivity index (χ1v) is 4.86. The molecule has 0 aliphatic rings. The minimum Gasteiger partial charge on any atom is -0.545 e. The Kier molecular flexibility index (Phi) is 6.67. The number of carboxylic acid groups (broad SMARTS) is 1. The SMILES string of the molecule is CCCC(N)c1ccc(O)c(C(=O)[O-])c1.[Na+]. The van der Waals surface area contributed by atoms with Crippen molar-refractivity contribution in [2.75, 3.05) is 0 Å². The smallest absolute Gasteiger partial charge is 0.545 e. The molecule has 0 aliphatic heterocycles. The zero-order valence-electron chi connectivity index (χ0n) is 9.56. The molecule has 0 heterocycles. The number of aromatic hydroxyl groups is 1. The molecule has 0 fully saturated rings. The number of hydrogen-bond acceptors (Lipinski definition) is 4. The molecule has 0 bridgehead atoms. The number of carboxylic acids is 1. The number of phenols is 1. The fourth-order valence-corrected chi connectivity index (χ4v) is 1.43. The van der Waals surface area contributed by atoms with E-state index >= 15 is 0 Å². The Balaban J connectivity index is 0.00000225. The Morgan fingerprint density at radius 3 is 2.69 bits per heavy atom. The van der Waals surface area contributed by atoms with Crippen LogP contribution in [0.1, 0.15) is 41.7 Å². The number of nitrogens with two attached hydrogens (primary N) is 1. The van der Waals surface area contributed by atoms with Gasteiger partial charge in [-0.25, -0.2) is 0 Å². The number of aromatic carboxylic acids is 1. The third-order valence-corrected chi connectivity index (χ3v) is 2.27. The summed E-state index contributed by atoms with van der Waals surface area (Å²) in [5.41, 5.74) is 6.32.